The lowest BCUT2D eigenvalue weighted by Gasteiger charge is -2.24. The van der Waals surface area contributed by atoms with E-state index in [1.165, 1.54) is 11.0 Å². The molecule has 0 saturated carbocycles. The molecular weight excluding hydrogens is 291 g/mol. The van der Waals surface area contributed by atoms with Crippen LogP contribution in [0.25, 0.3) is 0 Å². The Hall–Kier alpha value is -2.00. The van der Waals surface area contributed by atoms with E-state index in [0.29, 0.717) is 5.69 Å². The first kappa shape index (κ1) is 17.1. The molecule has 0 saturated heterocycles. The van der Waals surface area contributed by atoms with Crippen molar-refractivity contribution < 1.29 is 28.6 Å². The van der Waals surface area contributed by atoms with Crippen LogP contribution in [0.5, 0.6) is 0 Å². The summed E-state index contributed by atoms with van der Waals surface area (Å²) in [5, 5.41) is 29.1. The van der Waals surface area contributed by atoms with E-state index in [-0.39, 0.29) is 26.3 Å². The Morgan fingerprint density at radius 1 is 1.19 bits per heavy atom. The summed E-state index contributed by atoms with van der Waals surface area (Å²) in [6.07, 6.45) is -4.65. The summed E-state index contributed by atoms with van der Waals surface area (Å²) in [6, 6.07) is 3.11. The highest BCUT2D eigenvalue weighted by Crippen LogP contribution is 2.34. The van der Waals surface area contributed by atoms with Gasteiger partial charge in [-0.25, -0.2) is 0 Å². The number of nitrogens with two attached hydrogens (primary N) is 1. The van der Waals surface area contributed by atoms with Crippen LogP contribution in [0.3, 0.4) is 0 Å². The third-order valence-electron chi connectivity index (χ3n) is 2.80. The fourth-order valence-electron chi connectivity index (χ4n) is 1.85. The highest BCUT2D eigenvalue weighted by molar-refractivity contribution is 5.99. The molecule has 118 valence electrons. The van der Waals surface area contributed by atoms with Crippen LogP contribution in [0.4, 0.5) is 18.9 Å². The molecule has 21 heavy (non-hydrogen) atoms. The van der Waals surface area contributed by atoms with Gasteiger partial charge in [-0.15, -0.1) is 0 Å². The van der Waals surface area contributed by atoms with E-state index in [1.807, 2.05) is 0 Å². The van der Waals surface area contributed by atoms with E-state index in [1.54, 1.807) is 0 Å². The molecule has 1 rings (SSSR count). The molecule has 5 N–H and O–H groups in total. The molecule has 0 aliphatic heterocycles. The number of amidine groups is 1. The van der Waals surface area contributed by atoms with Crippen molar-refractivity contribution in [1.29, 1.82) is 0 Å². The molecule has 0 aromatic heterocycles. The molecule has 1 aromatic rings. The standard InChI is InChI=1S/C12H16F3N3O3/c13-12(14,15)10-2-1-8(7-9(10)11(16)17-21)18(3-5-19)4-6-20/h1-2,7,19-21H,3-6H2,(H2,16,17). The highest BCUT2D eigenvalue weighted by Gasteiger charge is 2.34. The van der Waals surface area contributed by atoms with Gasteiger partial charge >= 0.3 is 6.18 Å². The summed E-state index contributed by atoms with van der Waals surface area (Å²) in [6.45, 7) is -0.219. The number of alkyl halides is 3. The zero-order valence-corrected chi connectivity index (χ0v) is 11.0. The van der Waals surface area contributed by atoms with Crippen molar-refractivity contribution in [3.05, 3.63) is 29.3 Å². The van der Waals surface area contributed by atoms with Crippen LogP contribution >= 0.6 is 0 Å². The Morgan fingerprint density at radius 3 is 2.19 bits per heavy atom. The number of oxime groups is 1. The molecule has 9 heteroatoms. The predicted molar refractivity (Wildman–Crippen MR) is 70.3 cm³/mol. The van der Waals surface area contributed by atoms with Crippen molar-refractivity contribution in [3.63, 3.8) is 0 Å². The lowest BCUT2D eigenvalue weighted by atomic mass is 10.0. The van der Waals surface area contributed by atoms with Gasteiger partial charge in [-0.05, 0) is 18.2 Å². The Bertz CT molecular complexity index is 500. The van der Waals surface area contributed by atoms with E-state index in [2.05, 4.69) is 5.16 Å². The zero-order chi connectivity index (χ0) is 16.0. The van der Waals surface area contributed by atoms with E-state index in [4.69, 9.17) is 21.2 Å². The van der Waals surface area contributed by atoms with Gasteiger partial charge in [-0.2, -0.15) is 13.2 Å². The lowest BCUT2D eigenvalue weighted by Crippen LogP contribution is -2.30. The van der Waals surface area contributed by atoms with Crippen molar-refractivity contribution >= 4 is 11.5 Å². The summed E-state index contributed by atoms with van der Waals surface area (Å²) in [5.74, 6) is -0.669. The number of rotatable bonds is 6. The number of hydrogen-bond acceptors (Lipinski definition) is 5. The van der Waals surface area contributed by atoms with Crippen LogP contribution in [0.15, 0.2) is 23.4 Å². The Balaban J connectivity index is 3.32. The van der Waals surface area contributed by atoms with E-state index < -0.39 is 23.1 Å². The SMILES string of the molecule is N/C(=N/O)c1cc(N(CCO)CCO)ccc1C(F)(F)F. The van der Waals surface area contributed by atoms with E-state index >= 15 is 0 Å². The second-order valence-electron chi connectivity index (χ2n) is 4.15. The fourth-order valence-corrected chi connectivity index (χ4v) is 1.85. The number of aliphatic hydroxyl groups excluding tert-OH is 2. The molecule has 0 heterocycles. The molecule has 0 bridgehead atoms. The number of hydrogen-bond donors (Lipinski definition) is 4. The van der Waals surface area contributed by atoms with Crippen LogP contribution in [0.1, 0.15) is 11.1 Å². The first-order valence-corrected chi connectivity index (χ1v) is 6.01. The monoisotopic (exact) mass is 307 g/mol. The van der Waals surface area contributed by atoms with E-state index in [0.717, 1.165) is 12.1 Å². The van der Waals surface area contributed by atoms with Crippen molar-refractivity contribution in [3.8, 4) is 0 Å². The van der Waals surface area contributed by atoms with Crippen molar-refractivity contribution in [2.45, 2.75) is 6.18 Å². The largest absolute Gasteiger partial charge is 0.417 e. The average Bonchev–Trinajstić information content (AvgIpc) is 2.44. The maximum Gasteiger partial charge on any atom is 0.417 e. The van der Waals surface area contributed by atoms with Crippen LogP contribution in [0.2, 0.25) is 0 Å². The van der Waals surface area contributed by atoms with Gasteiger partial charge in [0.25, 0.3) is 0 Å². The van der Waals surface area contributed by atoms with Crippen LogP contribution in [-0.2, 0) is 6.18 Å². The minimum Gasteiger partial charge on any atom is -0.409 e. The van der Waals surface area contributed by atoms with Gasteiger partial charge in [-0.3, -0.25) is 0 Å². The fraction of sp³-hybridized carbons (Fsp3) is 0.417. The summed E-state index contributed by atoms with van der Waals surface area (Å²) in [4.78, 5) is 1.48. The summed E-state index contributed by atoms with van der Waals surface area (Å²) >= 11 is 0. The topological polar surface area (TPSA) is 102 Å². The molecule has 0 amide bonds. The minimum atomic E-state index is -4.65. The van der Waals surface area contributed by atoms with Gasteiger partial charge in [-0.1, -0.05) is 5.16 Å². The maximum absolute atomic E-state index is 12.9. The lowest BCUT2D eigenvalue weighted by molar-refractivity contribution is -0.137. The Morgan fingerprint density at radius 2 is 1.76 bits per heavy atom. The molecule has 0 aliphatic rings. The van der Waals surface area contributed by atoms with Crippen LogP contribution < -0.4 is 10.6 Å². The number of benzene rings is 1. The number of aliphatic hydroxyl groups is 2. The zero-order valence-electron chi connectivity index (χ0n) is 11.0. The first-order valence-electron chi connectivity index (χ1n) is 6.01. The molecule has 0 unspecified atom stereocenters. The highest BCUT2D eigenvalue weighted by atomic mass is 19.4. The van der Waals surface area contributed by atoms with E-state index in [9.17, 15) is 13.2 Å². The van der Waals surface area contributed by atoms with Crippen LogP contribution in [-0.4, -0.2) is 47.6 Å². The van der Waals surface area contributed by atoms with Gasteiger partial charge < -0.3 is 26.1 Å². The van der Waals surface area contributed by atoms with Crippen molar-refractivity contribution in [1.82, 2.24) is 0 Å². The Kier molecular flexibility index (Phi) is 5.79. The molecule has 0 aliphatic carbocycles. The van der Waals surface area contributed by atoms with Crippen molar-refractivity contribution in [2.24, 2.45) is 10.9 Å². The van der Waals surface area contributed by atoms with Gasteiger partial charge in [0.05, 0.1) is 18.8 Å². The molecular formula is C12H16F3N3O3. The molecule has 0 fully saturated rings. The molecule has 0 spiro atoms. The summed E-state index contributed by atoms with van der Waals surface area (Å²) in [5.41, 5.74) is 4.10. The quantitative estimate of drug-likeness (QED) is 0.267. The van der Waals surface area contributed by atoms with Gasteiger partial charge in [0.15, 0.2) is 5.84 Å². The number of anilines is 1. The molecule has 6 nitrogen and oxygen atoms in total. The maximum atomic E-state index is 12.9. The second kappa shape index (κ2) is 7.14. The summed E-state index contributed by atoms with van der Waals surface area (Å²) < 4.78 is 38.7. The summed E-state index contributed by atoms with van der Waals surface area (Å²) in [7, 11) is 0. The smallest absolute Gasteiger partial charge is 0.409 e. The molecule has 1 aromatic carbocycles. The molecule has 0 atom stereocenters. The van der Waals surface area contributed by atoms with Gasteiger partial charge in [0.2, 0.25) is 0 Å². The van der Waals surface area contributed by atoms with Gasteiger partial charge in [0, 0.05) is 24.3 Å². The second-order valence-corrected chi connectivity index (χ2v) is 4.15. The predicted octanol–water partition coefficient (Wildman–Crippen LogP) is 0.591. The average molecular weight is 307 g/mol. The number of halogens is 3. The minimum absolute atomic E-state index is 0.127. The normalized spacial score (nSPS) is 12.5. The first-order chi connectivity index (χ1) is 9.85. The van der Waals surface area contributed by atoms with Crippen molar-refractivity contribution in [2.75, 3.05) is 31.2 Å². The third kappa shape index (κ3) is 4.23. The van der Waals surface area contributed by atoms with Gasteiger partial charge in [0.1, 0.15) is 0 Å². The third-order valence-corrected chi connectivity index (χ3v) is 2.80. The van der Waals surface area contributed by atoms with Crippen LogP contribution in [0, 0.1) is 0 Å². The Labute approximate surface area is 118 Å². The number of nitrogens with zero attached hydrogens (tertiary/aromatic N) is 2. The molecule has 0 radical (unpaired) electrons.